The van der Waals surface area contributed by atoms with Crippen LogP contribution in [0.4, 0.5) is 10.2 Å². The lowest BCUT2D eigenvalue weighted by Gasteiger charge is -2.18. The molecule has 8 heteroatoms. The molecule has 1 aliphatic rings. The van der Waals surface area contributed by atoms with Crippen LogP contribution in [-0.4, -0.2) is 30.6 Å². The Balaban J connectivity index is 1.72. The monoisotopic (exact) mass is 418 g/mol. The average Bonchev–Trinajstić information content (AvgIpc) is 3.49. The van der Waals surface area contributed by atoms with Crippen LogP contribution < -0.4 is 4.90 Å². The summed E-state index contributed by atoms with van der Waals surface area (Å²) in [6.07, 6.45) is 3.90. The Hall–Kier alpha value is -3.55. The summed E-state index contributed by atoms with van der Waals surface area (Å²) in [5.74, 6) is 0.604. The van der Waals surface area contributed by atoms with E-state index in [9.17, 15) is 9.18 Å². The van der Waals surface area contributed by atoms with Crippen LogP contribution >= 0.6 is 0 Å². The van der Waals surface area contributed by atoms with Gasteiger partial charge in [-0.1, -0.05) is 26.8 Å². The van der Waals surface area contributed by atoms with Gasteiger partial charge in [-0.3, -0.25) is 9.89 Å². The number of H-pyrrole nitrogens is 1. The van der Waals surface area contributed by atoms with E-state index in [1.54, 1.807) is 23.0 Å². The van der Waals surface area contributed by atoms with Crippen LogP contribution in [0, 0.1) is 5.82 Å². The first-order valence-corrected chi connectivity index (χ1v) is 10.4. The van der Waals surface area contributed by atoms with E-state index in [-0.39, 0.29) is 17.5 Å². The SMILES string of the molecule is CCC(=O)c1nn2c(-c3cn[nH]c3)cc(N3Cc4ccc(F)cc4C3)nc2c1C(C)C. The van der Waals surface area contributed by atoms with E-state index in [0.29, 0.717) is 30.9 Å². The minimum absolute atomic E-state index is 0.00190. The molecule has 4 aromatic rings. The minimum atomic E-state index is -0.233. The van der Waals surface area contributed by atoms with Crippen LogP contribution in [0.3, 0.4) is 0 Å². The van der Waals surface area contributed by atoms with E-state index in [2.05, 4.69) is 20.2 Å². The highest BCUT2D eigenvalue weighted by Crippen LogP contribution is 2.34. The van der Waals surface area contributed by atoms with E-state index in [1.165, 1.54) is 6.07 Å². The number of carbonyl (C=O) groups is 1. The Bertz CT molecular complexity index is 1290. The quantitative estimate of drug-likeness (QED) is 0.483. The van der Waals surface area contributed by atoms with Crippen molar-refractivity contribution < 1.29 is 9.18 Å². The number of fused-ring (bicyclic) bond motifs is 2. The smallest absolute Gasteiger partial charge is 0.183 e. The van der Waals surface area contributed by atoms with Gasteiger partial charge in [0.05, 0.1) is 11.9 Å². The van der Waals surface area contributed by atoms with Gasteiger partial charge in [0, 0.05) is 42.9 Å². The zero-order chi connectivity index (χ0) is 21.7. The Morgan fingerprint density at radius 1 is 1.23 bits per heavy atom. The molecule has 0 spiro atoms. The van der Waals surface area contributed by atoms with Gasteiger partial charge in [-0.25, -0.2) is 13.9 Å². The van der Waals surface area contributed by atoms with Crippen LogP contribution in [0.15, 0.2) is 36.7 Å². The van der Waals surface area contributed by atoms with Gasteiger partial charge in [-0.15, -0.1) is 0 Å². The van der Waals surface area contributed by atoms with Crippen LogP contribution in [0.2, 0.25) is 0 Å². The predicted molar refractivity (Wildman–Crippen MR) is 116 cm³/mol. The first kappa shape index (κ1) is 19.4. The van der Waals surface area contributed by atoms with Crippen molar-refractivity contribution in [2.75, 3.05) is 4.90 Å². The van der Waals surface area contributed by atoms with Gasteiger partial charge in [-0.05, 0) is 29.2 Å². The normalized spacial score (nSPS) is 13.4. The fourth-order valence-electron chi connectivity index (χ4n) is 4.21. The topological polar surface area (TPSA) is 79.2 Å². The molecule has 0 saturated heterocycles. The Morgan fingerprint density at radius 3 is 2.74 bits per heavy atom. The van der Waals surface area contributed by atoms with E-state index in [0.717, 1.165) is 33.8 Å². The summed E-state index contributed by atoms with van der Waals surface area (Å²) in [5.41, 5.74) is 5.69. The first-order valence-electron chi connectivity index (χ1n) is 10.4. The maximum Gasteiger partial charge on any atom is 0.183 e. The number of hydrogen-bond acceptors (Lipinski definition) is 5. The number of halogens is 1. The molecule has 0 atom stereocenters. The molecule has 4 heterocycles. The van der Waals surface area contributed by atoms with Crippen molar-refractivity contribution in [1.82, 2.24) is 24.8 Å². The highest BCUT2D eigenvalue weighted by atomic mass is 19.1. The Labute approximate surface area is 178 Å². The molecule has 0 radical (unpaired) electrons. The molecule has 0 bridgehead atoms. The van der Waals surface area contributed by atoms with Gasteiger partial charge < -0.3 is 4.90 Å². The number of nitrogens with one attached hydrogen (secondary N) is 1. The number of hydrogen-bond donors (Lipinski definition) is 1. The number of ketones is 1. The number of aromatic amines is 1. The summed E-state index contributed by atoms with van der Waals surface area (Å²) in [5, 5.41) is 11.6. The van der Waals surface area contributed by atoms with Gasteiger partial charge in [-0.2, -0.15) is 10.2 Å². The molecule has 0 aliphatic carbocycles. The van der Waals surface area contributed by atoms with Crippen LogP contribution in [0.1, 0.15) is 60.3 Å². The molecule has 5 rings (SSSR count). The van der Waals surface area contributed by atoms with Crippen molar-refractivity contribution >= 4 is 17.2 Å². The second kappa shape index (κ2) is 7.30. The number of rotatable bonds is 5. The Morgan fingerprint density at radius 2 is 2.03 bits per heavy atom. The maximum absolute atomic E-state index is 13.7. The van der Waals surface area contributed by atoms with Gasteiger partial charge in [0.25, 0.3) is 0 Å². The zero-order valence-corrected chi connectivity index (χ0v) is 17.7. The van der Waals surface area contributed by atoms with E-state index >= 15 is 0 Å². The molecule has 1 aromatic carbocycles. The molecule has 0 unspecified atom stereocenters. The van der Waals surface area contributed by atoms with Crippen LogP contribution in [0.5, 0.6) is 0 Å². The summed E-state index contributed by atoms with van der Waals surface area (Å²) in [7, 11) is 0. The number of carbonyl (C=O) groups excluding carboxylic acids is 1. The molecule has 0 amide bonds. The van der Waals surface area contributed by atoms with E-state index in [4.69, 9.17) is 4.98 Å². The third kappa shape index (κ3) is 3.19. The third-order valence-corrected chi connectivity index (χ3v) is 5.78. The number of nitrogens with zero attached hydrogens (tertiary/aromatic N) is 5. The molecule has 158 valence electrons. The van der Waals surface area contributed by atoms with E-state index < -0.39 is 0 Å². The molecule has 31 heavy (non-hydrogen) atoms. The molecule has 3 aromatic heterocycles. The molecular weight excluding hydrogens is 395 g/mol. The summed E-state index contributed by atoms with van der Waals surface area (Å²) in [6.45, 7) is 7.16. The molecule has 1 aliphatic heterocycles. The number of anilines is 1. The molecular formula is C23H23FN6O. The average molecular weight is 418 g/mol. The van der Waals surface area contributed by atoms with Gasteiger partial charge in [0.2, 0.25) is 0 Å². The number of aromatic nitrogens is 5. The van der Waals surface area contributed by atoms with Crippen LogP contribution in [0.25, 0.3) is 16.9 Å². The summed E-state index contributed by atoms with van der Waals surface area (Å²) < 4.78 is 15.5. The van der Waals surface area contributed by atoms with Gasteiger partial charge >= 0.3 is 0 Å². The van der Waals surface area contributed by atoms with Crippen molar-refractivity contribution in [1.29, 1.82) is 0 Å². The molecule has 0 fully saturated rings. The minimum Gasteiger partial charge on any atom is -0.348 e. The fraction of sp³-hybridized carbons (Fsp3) is 0.304. The molecule has 7 nitrogen and oxygen atoms in total. The number of Topliss-reactive ketones (excluding diaryl/α,β-unsaturated/α-hetero) is 1. The largest absolute Gasteiger partial charge is 0.348 e. The lowest BCUT2D eigenvalue weighted by Crippen LogP contribution is -2.17. The summed E-state index contributed by atoms with van der Waals surface area (Å²) in [6, 6.07) is 6.86. The highest BCUT2D eigenvalue weighted by molar-refractivity contribution is 5.97. The van der Waals surface area contributed by atoms with Gasteiger partial charge in [0.15, 0.2) is 11.4 Å². The van der Waals surface area contributed by atoms with Crippen molar-refractivity contribution in [2.45, 2.75) is 46.2 Å². The third-order valence-electron chi connectivity index (χ3n) is 5.78. The van der Waals surface area contributed by atoms with Crippen LogP contribution in [-0.2, 0) is 13.1 Å². The standard InChI is InChI=1S/C23H23FN6O/c1-4-19(31)22-21(13(2)3)23-27-20(8-18(30(23)28-22)16-9-25-26-10-16)29-11-14-5-6-17(24)7-15(14)12-29/h5-10,13H,4,11-12H2,1-3H3,(H,25,26). The maximum atomic E-state index is 13.7. The van der Waals surface area contributed by atoms with Crippen molar-refractivity contribution in [3.8, 4) is 11.3 Å². The second-order valence-electron chi connectivity index (χ2n) is 8.18. The second-order valence-corrected chi connectivity index (χ2v) is 8.18. The van der Waals surface area contributed by atoms with E-state index in [1.807, 2.05) is 32.9 Å². The van der Waals surface area contributed by atoms with Gasteiger partial charge in [0.1, 0.15) is 17.3 Å². The molecule has 0 saturated carbocycles. The highest BCUT2D eigenvalue weighted by Gasteiger charge is 2.27. The first-order chi connectivity index (χ1) is 15.0. The Kier molecular flexibility index (Phi) is 4.57. The predicted octanol–water partition coefficient (Wildman–Crippen LogP) is 4.49. The van der Waals surface area contributed by atoms with Crippen molar-refractivity contribution in [2.24, 2.45) is 0 Å². The fourth-order valence-corrected chi connectivity index (χ4v) is 4.21. The van der Waals surface area contributed by atoms with Crippen molar-refractivity contribution in [3.05, 3.63) is 64.9 Å². The lowest BCUT2D eigenvalue weighted by molar-refractivity contribution is 0.0982. The zero-order valence-electron chi connectivity index (χ0n) is 17.7. The van der Waals surface area contributed by atoms with Crippen molar-refractivity contribution in [3.63, 3.8) is 0 Å². The lowest BCUT2D eigenvalue weighted by atomic mass is 10.0. The summed E-state index contributed by atoms with van der Waals surface area (Å²) in [4.78, 5) is 19.7. The number of benzene rings is 1. The summed E-state index contributed by atoms with van der Waals surface area (Å²) >= 11 is 0. The molecule has 1 N–H and O–H groups in total.